The molecule has 0 aliphatic carbocycles. The minimum atomic E-state index is -0.650. The van der Waals surface area contributed by atoms with E-state index in [0.29, 0.717) is 40.7 Å². The lowest BCUT2D eigenvalue weighted by Gasteiger charge is -2.31. The number of hydrogen-bond acceptors (Lipinski definition) is 3. The van der Waals surface area contributed by atoms with E-state index in [1.54, 1.807) is 30.1 Å². The third kappa shape index (κ3) is 4.71. The number of nitrogens with zero attached hydrogens (tertiary/aromatic N) is 2. The van der Waals surface area contributed by atoms with Gasteiger partial charge in [-0.05, 0) is 29.9 Å². The number of rotatable bonds is 7. The van der Waals surface area contributed by atoms with Crippen molar-refractivity contribution in [3.8, 4) is 0 Å². The number of nitrogens with one attached hydrogen (secondary N) is 2. The van der Waals surface area contributed by atoms with Crippen LogP contribution in [0.15, 0.2) is 35.5 Å². The SMILES string of the molecule is CC(C)CNC(=O)C(CC(C)C)N1CC2=C(C1=O)C(c1ccccc1Cl)NC(=O)N2C. The lowest BCUT2D eigenvalue weighted by molar-refractivity contribution is -0.137. The van der Waals surface area contributed by atoms with Gasteiger partial charge in [0.1, 0.15) is 6.04 Å². The molecule has 0 spiro atoms. The normalized spacial score (nSPS) is 19.8. The molecule has 31 heavy (non-hydrogen) atoms. The third-order valence-corrected chi connectivity index (χ3v) is 6.01. The van der Waals surface area contributed by atoms with Gasteiger partial charge in [-0.25, -0.2) is 4.79 Å². The molecule has 2 N–H and O–H groups in total. The Morgan fingerprint density at radius 3 is 2.48 bits per heavy atom. The quantitative estimate of drug-likeness (QED) is 0.674. The Morgan fingerprint density at radius 2 is 1.87 bits per heavy atom. The molecule has 7 nitrogen and oxygen atoms in total. The van der Waals surface area contributed by atoms with Gasteiger partial charge >= 0.3 is 6.03 Å². The number of carbonyl (C=O) groups excluding carboxylic acids is 3. The summed E-state index contributed by atoms with van der Waals surface area (Å²) in [5.41, 5.74) is 1.75. The van der Waals surface area contributed by atoms with Crippen molar-refractivity contribution >= 4 is 29.4 Å². The first-order chi connectivity index (χ1) is 14.6. The Kier molecular flexibility index (Phi) is 6.94. The fraction of sp³-hybridized carbons (Fsp3) is 0.522. The molecule has 0 bridgehead atoms. The molecule has 1 aromatic rings. The molecule has 0 aromatic heterocycles. The second-order valence-electron chi connectivity index (χ2n) is 9.04. The predicted octanol–water partition coefficient (Wildman–Crippen LogP) is 3.32. The molecule has 4 amide bonds. The third-order valence-electron chi connectivity index (χ3n) is 5.66. The number of carbonyl (C=O) groups is 3. The first kappa shape index (κ1) is 23.1. The lowest BCUT2D eigenvalue weighted by Crippen LogP contribution is -2.49. The Bertz CT molecular complexity index is 912. The highest BCUT2D eigenvalue weighted by atomic mass is 35.5. The van der Waals surface area contributed by atoms with Crippen LogP contribution >= 0.6 is 11.6 Å². The molecule has 168 valence electrons. The van der Waals surface area contributed by atoms with Crippen molar-refractivity contribution in [2.24, 2.45) is 11.8 Å². The van der Waals surface area contributed by atoms with Crippen LogP contribution in [0.2, 0.25) is 5.02 Å². The largest absolute Gasteiger partial charge is 0.354 e. The molecule has 2 heterocycles. The number of likely N-dealkylation sites (N-methyl/N-ethyl adjacent to an activating group) is 1. The molecular weight excluding hydrogens is 416 g/mol. The molecule has 2 aliphatic rings. The second kappa shape index (κ2) is 9.30. The highest BCUT2D eigenvalue weighted by molar-refractivity contribution is 6.31. The number of urea groups is 1. The number of hydrogen-bond donors (Lipinski definition) is 2. The van der Waals surface area contributed by atoms with Crippen LogP contribution in [0.3, 0.4) is 0 Å². The van der Waals surface area contributed by atoms with Crippen molar-refractivity contribution in [1.29, 1.82) is 0 Å². The summed E-state index contributed by atoms with van der Waals surface area (Å²) in [6.45, 7) is 8.87. The summed E-state index contributed by atoms with van der Waals surface area (Å²) in [6, 6.07) is 5.61. The minimum absolute atomic E-state index is 0.160. The van der Waals surface area contributed by atoms with Crippen molar-refractivity contribution in [3.05, 3.63) is 46.1 Å². The lowest BCUT2D eigenvalue weighted by atomic mass is 9.95. The predicted molar refractivity (Wildman–Crippen MR) is 120 cm³/mol. The maximum absolute atomic E-state index is 13.6. The molecule has 8 heteroatoms. The Balaban J connectivity index is 1.96. The van der Waals surface area contributed by atoms with Gasteiger partial charge in [-0.3, -0.25) is 14.5 Å². The zero-order valence-electron chi connectivity index (χ0n) is 18.7. The van der Waals surface area contributed by atoms with Crippen molar-refractivity contribution < 1.29 is 14.4 Å². The highest BCUT2D eigenvalue weighted by Crippen LogP contribution is 2.39. The summed E-state index contributed by atoms with van der Waals surface area (Å²) in [5.74, 6) is 0.128. The highest BCUT2D eigenvalue weighted by Gasteiger charge is 2.46. The molecule has 2 atom stereocenters. The average Bonchev–Trinajstić information content (AvgIpc) is 3.05. The number of halogens is 1. The standard InChI is InChI=1S/C23H31ClN4O3/c1-13(2)10-17(21(29)25-11-14(3)4)28-12-18-19(22(28)30)20(26-23(31)27(18)5)15-8-6-7-9-16(15)24/h6-9,13-14,17,20H,10-12H2,1-5H3,(H,25,29)(H,26,31). The van der Waals surface area contributed by atoms with E-state index in [1.807, 2.05) is 33.8 Å². The summed E-state index contributed by atoms with van der Waals surface area (Å²) in [7, 11) is 1.64. The maximum Gasteiger partial charge on any atom is 0.322 e. The summed E-state index contributed by atoms with van der Waals surface area (Å²) >= 11 is 6.39. The van der Waals surface area contributed by atoms with Gasteiger partial charge in [0.2, 0.25) is 5.91 Å². The monoisotopic (exact) mass is 446 g/mol. The van der Waals surface area contributed by atoms with E-state index in [1.165, 1.54) is 4.90 Å². The fourth-order valence-corrected chi connectivity index (χ4v) is 4.27. The van der Waals surface area contributed by atoms with Gasteiger partial charge < -0.3 is 15.5 Å². The van der Waals surface area contributed by atoms with Gasteiger partial charge in [-0.2, -0.15) is 0 Å². The fourth-order valence-electron chi connectivity index (χ4n) is 4.03. The van der Waals surface area contributed by atoms with E-state index < -0.39 is 12.1 Å². The van der Waals surface area contributed by atoms with E-state index in [2.05, 4.69) is 10.6 Å². The van der Waals surface area contributed by atoms with Gasteiger partial charge in [-0.15, -0.1) is 0 Å². The molecule has 3 rings (SSSR count). The molecule has 0 saturated heterocycles. The number of amides is 4. The maximum atomic E-state index is 13.6. The first-order valence-corrected chi connectivity index (χ1v) is 11.1. The first-order valence-electron chi connectivity index (χ1n) is 10.7. The van der Waals surface area contributed by atoms with Crippen LogP contribution in [0.25, 0.3) is 0 Å². The van der Waals surface area contributed by atoms with Gasteiger partial charge in [0, 0.05) is 18.6 Å². The summed E-state index contributed by atoms with van der Waals surface area (Å²) in [5, 5.41) is 6.34. The van der Waals surface area contributed by atoms with Crippen LogP contribution in [-0.4, -0.2) is 53.8 Å². The van der Waals surface area contributed by atoms with E-state index in [0.717, 1.165) is 0 Å². The zero-order valence-corrected chi connectivity index (χ0v) is 19.5. The van der Waals surface area contributed by atoms with Gasteiger partial charge in [0.15, 0.2) is 0 Å². The van der Waals surface area contributed by atoms with Crippen LogP contribution < -0.4 is 10.6 Å². The molecule has 0 radical (unpaired) electrons. The van der Waals surface area contributed by atoms with E-state index >= 15 is 0 Å². The average molecular weight is 447 g/mol. The van der Waals surface area contributed by atoms with Crippen molar-refractivity contribution in [3.63, 3.8) is 0 Å². The summed E-state index contributed by atoms with van der Waals surface area (Å²) in [6.07, 6.45) is 0.540. The van der Waals surface area contributed by atoms with Gasteiger partial charge in [-0.1, -0.05) is 57.5 Å². The smallest absolute Gasteiger partial charge is 0.322 e. The number of benzene rings is 1. The van der Waals surface area contributed by atoms with Crippen molar-refractivity contribution in [2.75, 3.05) is 20.1 Å². The van der Waals surface area contributed by atoms with Crippen LogP contribution in [0.4, 0.5) is 4.79 Å². The minimum Gasteiger partial charge on any atom is -0.354 e. The van der Waals surface area contributed by atoms with Crippen LogP contribution in [0, 0.1) is 11.8 Å². The summed E-state index contributed by atoms with van der Waals surface area (Å²) in [4.78, 5) is 42.3. The van der Waals surface area contributed by atoms with Gasteiger partial charge in [0.05, 0.1) is 23.9 Å². The van der Waals surface area contributed by atoms with Crippen molar-refractivity contribution in [2.45, 2.75) is 46.2 Å². The molecule has 0 fully saturated rings. The van der Waals surface area contributed by atoms with Crippen LogP contribution in [0.5, 0.6) is 0 Å². The molecule has 2 aliphatic heterocycles. The Hall–Kier alpha value is -2.54. The zero-order chi connectivity index (χ0) is 22.9. The van der Waals surface area contributed by atoms with Crippen molar-refractivity contribution in [1.82, 2.24) is 20.4 Å². The molecule has 1 aromatic carbocycles. The second-order valence-corrected chi connectivity index (χ2v) is 9.45. The Morgan fingerprint density at radius 1 is 1.19 bits per heavy atom. The van der Waals surface area contributed by atoms with E-state index in [4.69, 9.17) is 11.6 Å². The van der Waals surface area contributed by atoms with E-state index in [-0.39, 0.29) is 30.3 Å². The summed E-state index contributed by atoms with van der Waals surface area (Å²) < 4.78 is 0. The van der Waals surface area contributed by atoms with Crippen LogP contribution in [-0.2, 0) is 9.59 Å². The molecular formula is C23H31ClN4O3. The van der Waals surface area contributed by atoms with Gasteiger partial charge in [0.25, 0.3) is 5.91 Å². The van der Waals surface area contributed by atoms with E-state index in [9.17, 15) is 14.4 Å². The van der Waals surface area contributed by atoms with Crippen LogP contribution in [0.1, 0.15) is 45.7 Å². The Labute approximate surface area is 188 Å². The topological polar surface area (TPSA) is 81.8 Å². The molecule has 0 saturated carbocycles. The molecule has 2 unspecified atom stereocenters.